The lowest BCUT2D eigenvalue weighted by molar-refractivity contribution is 0.0697. The predicted molar refractivity (Wildman–Crippen MR) is 81.1 cm³/mol. The molecule has 4 rings (SSSR count). The van der Waals surface area contributed by atoms with Gasteiger partial charge in [-0.3, -0.25) is 4.68 Å². The van der Waals surface area contributed by atoms with Crippen LogP contribution in [0.1, 0.15) is 28.0 Å². The summed E-state index contributed by atoms with van der Waals surface area (Å²) in [6, 6.07) is 4.14. The van der Waals surface area contributed by atoms with E-state index in [0.29, 0.717) is 6.54 Å². The zero-order valence-electron chi connectivity index (χ0n) is 12.4. The van der Waals surface area contributed by atoms with Gasteiger partial charge in [0.15, 0.2) is 0 Å². The van der Waals surface area contributed by atoms with Gasteiger partial charge in [0.05, 0.1) is 18.3 Å². The minimum atomic E-state index is -0.955. The number of piperidine rings is 1. The van der Waals surface area contributed by atoms with Gasteiger partial charge in [-0.05, 0) is 36.8 Å². The number of carbonyl (C=O) groups is 1. The molecular weight excluding hydrogens is 280 g/mol. The van der Waals surface area contributed by atoms with E-state index in [2.05, 4.69) is 22.1 Å². The van der Waals surface area contributed by atoms with Crippen molar-refractivity contribution in [2.45, 2.75) is 19.9 Å². The Morgan fingerprint density at radius 1 is 1.36 bits per heavy atom. The van der Waals surface area contributed by atoms with Crippen molar-refractivity contribution >= 4 is 11.8 Å². The van der Waals surface area contributed by atoms with Crippen molar-refractivity contribution in [2.75, 3.05) is 18.0 Å². The van der Waals surface area contributed by atoms with Gasteiger partial charge in [0.2, 0.25) is 0 Å². The minimum Gasteiger partial charge on any atom is -0.478 e. The van der Waals surface area contributed by atoms with Crippen molar-refractivity contribution in [2.24, 2.45) is 11.8 Å². The number of carboxylic acid groups (broad SMARTS) is 1. The average Bonchev–Trinajstić information content (AvgIpc) is 2.89. The van der Waals surface area contributed by atoms with E-state index in [1.54, 1.807) is 10.9 Å². The maximum atomic E-state index is 10.9. The Morgan fingerprint density at radius 2 is 2.14 bits per heavy atom. The van der Waals surface area contributed by atoms with Crippen LogP contribution in [0, 0.1) is 18.8 Å². The summed E-state index contributed by atoms with van der Waals surface area (Å²) in [7, 11) is 0. The second-order valence-electron chi connectivity index (χ2n) is 6.31. The largest absolute Gasteiger partial charge is 0.478 e. The molecule has 1 saturated heterocycles. The molecule has 114 valence electrons. The number of nitrogens with zero attached hydrogens (tertiary/aromatic N) is 4. The molecule has 2 aromatic heterocycles. The highest BCUT2D eigenvalue weighted by Gasteiger charge is 2.45. The lowest BCUT2D eigenvalue weighted by Crippen LogP contribution is -2.23. The Morgan fingerprint density at radius 3 is 2.77 bits per heavy atom. The molecule has 2 aromatic rings. The van der Waals surface area contributed by atoms with Gasteiger partial charge in [0, 0.05) is 25.0 Å². The molecule has 1 saturated carbocycles. The number of rotatable bonds is 4. The van der Waals surface area contributed by atoms with E-state index in [9.17, 15) is 4.79 Å². The van der Waals surface area contributed by atoms with Crippen LogP contribution in [0.4, 0.5) is 5.82 Å². The molecule has 1 aliphatic heterocycles. The standard InChI is InChI=1S/C16H18N4O2/c1-10-11(8-20-9-14(5-17-20)16(21)22)2-3-15(18-10)19-6-12-4-13(12)7-19/h2-3,5,9,12-13H,4,6-8H2,1H3,(H,21,22). The molecule has 2 atom stereocenters. The Hall–Kier alpha value is -2.37. The maximum Gasteiger partial charge on any atom is 0.338 e. The highest BCUT2D eigenvalue weighted by molar-refractivity contribution is 5.86. The summed E-state index contributed by atoms with van der Waals surface area (Å²) in [4.78, 5) is 18.0. The van der Waals surface area contributed by atoms with Crippen LogP contribution in [0.25, 0.3) is 0 Å². The van der Waals surface area contributed by atoms with Crippen molar-refractivity contribution in [1.82, 2.24) is 14.8 Å². The van der Waals surface area contributed by atoms with Crippen LogP contribution >= 0.6 is 0 Å². The number of pyridine rings is 1. The van der Waals surface area contributed by atoms with Crippen LogP contribution in [0.3, 0.4) is 0 Å². The number of aromatic carboxylic acids is 1. The smallest absolute Gasteiger partial charge is 0.338 e. The van der Waals surface area contributed by atoms with Crippen molar-refractivity contribution in [3.8, 4) is 0 Å². The van der Waals surface area contributed by atoms with Gasteiger partial charge in [-0.2, -0.15) is 5.10 Å². The SMILES string of the molecule is Cc1nc(N2CC3CC3C2)ccc1Cn1cc(C(=O)O)cn1. The number of aromatic nitrogens is 3. The van der Waals surface area contributed by atoms with Gasteiger partial charge in [0.25, 0.3) is 0 Å². The van der Waals surface area contributed by atoms with Crippen molar-refractivity contribution < 1.29 is 9.90 Å². The zero-order chi connectivity index (χ0) is 15.3. The minimum absolute atomic E-state index is 0.207. The number of fused-ring (bicyclic) bond motifs is 1. The molecular formula is C16H18N4O2. The molecule has 6 nitrogen and oxygen atoms in total. The molecule has 0 aromatic carbocycles. The van der Waals surface area contributed by atoms with Crippen LogP contribution in [0.2, 0.25) is 0 Å². The molecule has 6 heteroatoms. The third-order valence-electron chi connectivity index (χ3n) is 4.70. The maximum absolute atomic E-state index is 10.9. The molecule has 22 heavy (non-hydrogen) atoms. The Bertz CT molecular complexity index is 729. The molecule has 2 fully saturated rings. The third-order valence-corrected chi connectivity index (χ3v) is 4.70. The van der Waals surface area contributed by atoms with Gasteiger partial charge in [-0.25, -0.2) is 9.78 Å². The van der Waals surface area contributed by atoms with E-state index in [-0.39, 0.29) is 5.56 Å². The molecule has 2 unspecified atom stereocenters. The number of hydrogen-bond acceptors (Lipinski definition) is 4. The fourth-order valence-electron chi connectivity index (χ4n) is 3.24. The number of aryl methyl sites for hydroxylation is 1. The number of hydrogen-bond donors (Lipinski definition) is 1. The molecule has 3 heterocycles. The molecule has 2 aliphatic rings. The van der Waals surface area contributed by atoms with Gasteiger partial charge >= 0.3 is 5.97 Å². The summed E-state index contributed by atoms with van der Waals surface area (Å²) in [5, 5.41) is 13.0. The summed E-state index contributed by atoms with van der Waals surface area (Å²) in [5.74, 6) is 1.88. The fourth-order valence-corrected chi connectivity index (χ4v) is 3.24. The van der Waals surface area contributed by atoms with E-state index in [1.807, 2.05) is 6.92 Å². The van der Waals surface area contributed by atoms with Crippen LogP contribution in [0.5, 0.6) is 0 Å². The first kappa shape index (κ1) is 13.3. The Labute approximate surface area is 128 Å². The van der Waals surface area contributed by atoms with E-state index in [0.717, 1.165) is 42.0 Å². The topological polar surface area (TPSA) is 71.2 Å². The summed E-state index contributed by atoms with van der Waals surface area (Å²) < 4.78 is 1.64. The predicted octanol–water partition coefficient (Wildman–Crippen LogP) is 1.79. The van der Waals surface area contributed by atoms with Crippen molar-refractivity contribution in [3.63, 3.8) is 0 Å². The van der Waals surface area contributed by atoms with Crippen LogP contribution in [-0.2, 0) is 6.54 Å². The Kier molecular flexibility index (Phi) is 2.92. The van der Waals surface area contributed by atoms with Crippen LogP contribution in [0.15, 0.2) is 24.5 Å². The Balaban J connectivity index is 1.50. The summed E-state index contributed by atoms with van der Waals surface area (Å²) in [6.45, 7) is 4.81. The monoisotopic (exact) mass is 298 g/mol. The highest BCUT2D eigenvalue weighted by Crippen LogP contribution is 2.45. The van der Waals surface area contributed by atoms with Gasteiger partial charge in [0.1, 0.15) is 5.82 Å². The second-order valence-corrected chi connectivity index (χ2v) is 6.31. The van der Waals surface area contributed by atoms with Gasteiger partial charge in [-0.15, -0.1) is 0 Å². The quantitative estimate of drug-likeness (QED) is 0.931. The van der Waals surface area contributed by atoms with Gasteiger partial charge in [-0.1, -0.05) is 6.07 Å². The molecule has 0 radical (unpaired) electrons. The molecule has 1 N–H and O–H groups in total. The number of carboxylic acids is 1. The van der Waals surface area contributed by atoms with Gasteiger partial charge < -0.3 is 10.0 Å². The fraction of sp³-hybridized carbons (Fsp3) is 0.438. The summed E-state index contributed by atoms with van der Waals surface area (Å²) in [6.07, 6.45) is 4.30. The van der Waals surface area contributed by atoms with E-state index in [1.165, 1.54) is 12.6 Å². The lowest BCUT2D eigenvalue weighted by atomic mass is 10.2. The second kappa shape index (κ2) is 4.83. The van der Waals surface area contributed by atoms with Crippen LogP contribution in [-0.4, -0.2) is 38.9 Å². The van der Waals surface area contributed by atoms with Crippen LogP contribution < -0.4 is 4.90 Å². The molecule has 0 bridgehead atoms. The first-order valence-electron chi connectivity index (χ1n) is 7.57. The molecule has 0 amide bonds. The van der Waals surface area contributed by atoms with E-state index < -0.39 is 5.97 Å². The number of anilines is 1. The highest BCUT2D eigenvalue weighted by atomic mass is 16.4. The van der Waals surface area contributed by atoms with Crippen molar-refractivity contribution in [3.05, 3.63) is 41.3 Å². The lowest BCUT2D eigenvalue weighted by Gasteiger charge is -2.20. The normalized spacial score (nSPS) is 22.7. The van der Waals surface area contributed by atoms with Crippen molar-refractivity contribution in [1.29, 1.82) is 0 Å². The summed E-state index contributed by atoms with van der Waals surface area (Å²) in [5.41, 5.74) is 2.25. The van der Waals surface area contributed by atoms with E-state index in [4.69, 9.17) is 10.1 Å². The van der Waals surface area contributed by atoms with E-state index >= 15 is 0 Å². The molecule has 1 aliphatic carbocycles. The first-order valence-corrected chi connectivity index (χ1v) is 7.57. The zero-order valence-corrected chi connectivity index (χ0v) is 12.4. The average molecular weight is 298 g/mol. The first-order chi connectivity index (χ1) is 10.6. The molecule has 0 spiro atoms. The summed E-state index contributed by atoms with van der Waals surface area (Å²) >= 11 is 0. The third kappa shape index (κ3) is 2.34.